The lowest BCUT2D eigenvalue weighted by Crippen LogP contribution is -2.42. The van der Waals surface area contributed by atoms with Gasteiger partial charge in [0.05, 0.1) is 6.04 Å². The minimum absolute atomic E-state index is 0.0602. The third kappa shape index (κ3) is 4.76. The lowest BCUT2D eigenvalue weighted by Gasteiger charge is -2.21. The fraction of sp³-hybridized carbons (Fsp3) is 0.462. The summed E-state index contributed by atoms with van der Waals surface area (Å²) in [6.45, 7) is 1.06. The maximum absolute atomic E-state index is 12.0. The topological polar surface area (TPSA) is 55.6 Å². The van der Waals surface area contributed by atoms with E-state index in [1.807, 2.05) is 24.3 Å². The van der Waals surface area contributed by atoms with Crippen molar-refractivity contribution in [3.05, 3.63) is 34.3 Å². The number of benzene rings is 1. The Morgan fingerprint density at radius 3 is 2.61 bits per heavy atom. The van der Waals surface area contributed by atoms with Crippen LogP contribution in [0.5, 0.6) is 0 Å². The van der Waals surface area contributed by atoms with Crippen molar-refractivity contribution in [2.75, 3.05) is 20.8 Å². The number of rotatable bonds is 6. The largest absolute Gasteiger partial charge is 0.385 e. The molecule has 4 nitrogen and oxygen atoms in total. The standard InChI is InChI=1S/C13H19BrN2O2/c1-16(13(17)12(15)7-8-18-2)9-10-3-5-11(14)6-4-10/h3-6,12H,7-9,15H2,1-2H3. The summed E-state index contributed by atoms with van der Waals surface area (Å²) in [4.78, 5) is 13.6. The first-order chi connectivity index (χ1) is 8.54. The molecule has 0 aromatic heterocycles. The smallest absolute Gasteiger partial charge is 0.239 e. The van der Waals surface area contributed by atoms with Crippen LogP contribution in [0, 0.1) is 0 Å². The number of nitrogens with zero attached hydrogens (tertiary/aromatic N) is 1. The average Bonchev–Trinajstić information content (AvgIpc) is 2.37. The van der Waals surface area contributed by atoms with Crippen molar-refractivity contribution in [1.29, 1.82) is 0 Å². The Kier molecular flexibility index (Phi) is 6.32. The summed E-state index contributed by atoms with van der Waals surface area (Å²) in [6, 6.07) is 7.38. The molecule has 5 heteroatoms. The van der Waals surface area contributed by atoms with Crippen molar-refractivity contribution in [2.24, 2.45) is 5.73 Å². The SMILES string of the molecule is COCCC(N)C(=O)N(C)Cc1ccc(Br)cc1. The molecular formula is C13H19BrN2O2. The zero-order valence-electron chi connectivity index (χ0n) is 10.7. The highest BCUT2D eigenvalue weighted by molar-refractivity contribution is 9.10. The second-order valence-corrected chi connectivity index (χ2v) is 5.12. The van der Waals surface area contributed by atoms with Gasteiger partial charge in [0.2, 0.25) is 5.91 Å². The van der Waals surface area contributed by atoms with Crippen LogP contribution >= 0.6 is 15.9 Å². The Morgan fingerprint density at radius 2 is 2.06 bits per heavy atom. The van der Waals surface area contributed by atoms with E-state index in [2.05, 4.69) is 15.9 Å². The van der Waals surface area contributed by atoms with Crippen LogP contribution in [0.1, 0.15) is 12.0 Å². The third-order valence-electron chi connectivity index (χ3n) is 2.66. The van der Waals surface area contributed by atoms with E-state index in [9.17, 15) is 4.79 Å². The van der Waals surface area contributed by atoms with Crippen molar-refractivity contribution in [1.82, 2.24) is 4.90 Å². The first-order valence-electron chi connectivity index (χ1n) is 5.78. The van der Waals surface area contributed by atoms with Gasteiger partial charge in [-0.25, -0.2) is 0 Å². The summed E-state index contributed by atoms with van der Waals surface area (Å²) >= 11 is 3.38. The van der Waals surface area contributed by atoms with E-state index >= 15 is 0 Å². The van der Waals surface area contributed by atoms with E-state index in [0.717, 1.165) is 10.0 Å². The number of hydrogen-bond donors (Lipinski definition) is 1. The van der Waals surface area contributed by atoms with Crippen LogP contribution in [0.4, 0.5) is 0 Å². The molecule has 0 saturated carbocycles. The molecule has 0 radical (unpaired) electrons. The van der Waals surface area contributed by atoms with Gasteiger partial charge in [-0.1, -0.05) is 28.1 Å². The van der Waals surface area contributed by atoms with Gasteiger partial charge in [0.1, 0.15) is 0 Å². The first kappa shape index (κ1) is 15.1. The van der Waals surface area contributed by atoms with Crippen LogP contribution in [0.15, 0.2) is 28.7 Å². The van der Waals surface area contributed by atoms with Gasteiger partial charge >= 0.3 is 0 Å². The number of nitrogens with two attached hydrogens (primary N) is 1. The van der Waals surface area contributed by atoms with Crippen LogP contribution in [0.2, 0.25) is 0 Å². The van der Waals surface area contributed by atoms with Crippen molar-refractivity contribution < 1.29 is 9.53 Å². The third-order valence-corrected chi connectivity index (χ3v) is 3.19. The Bertz CT molecular complexity index is 381. The van der Waals surface area contributed by atoms with Crippen LogP contribution < -0.4 is 5.73 Å². The number of halogens is 1. The highest BCUT2D eigenvalue weighted by Gasteiger charge is 2.17. The van der Waals surface area contributed by atoms with Crippen molar-refractivity contribution >= 4 is 21.8 Å². The number of likely N-dealkylation sites (N-methyl/N-ethyl adjacent to an activating group) is 1. The van der Waals surface area contributed by atoms with Crippen LogP contribution in [-0.4, -0.2) is 37.6 Å². The monoisotopic (exact) mass is 314 g/mol. The minimum Gasteiger partial charge on any atom is -0.385 e. The summed E-state index contributed by atoms with van der Waals surface area (Å²) in [6.07, 6.45) is 0.542. The number of amides is 1. The molecule has 1 aromatic rings. The lowest BCUT2D eigenvalue weighted by molar-refractivity contribution is -0.132. The Balaban J connectivity index is 2.51. The molecule has 0 spiro atoms. The fourth-order valence-corrected chi connectivity index (χ4v) is 1.86. The Hall–Kier alpha value is -0.910. The molecule has 1 aromatic carbocycles. The number of methoxy groups -OCH3 is 1. The second kappa shape index (κ2) is 7.51. The van der Waals surface area contributed by atoms with Gasteiger partial charge in [0.25, 0.3) is 0 Å². The Labute approximate surface area is 116 Å². The Morgan fingerprint density at radius 1 is 1.44 bits per heavy atom. The zero-order valence-corrected chi connectivity index (χ0v) is 12.3. The first-order valence-corrected chi connectivity index (χ1v) is 6.58. The molecule has 0 saturated heterocycles. The number of ether oxygens (including phenoxy) is 1. The van der Waals surface area contributed by atoms with Gasteiger partial charge in [-0.15, -0.1) is 0 Å². The second-order valence-electron chi connectivity index (χ2n) is 4.21. The molecule has 0 bridgehead atoms. The number of carbonyl (C=O) groups is 1. The molecule has 0 aliphatic carbocycles. The maximum atomic E-state index is 12.0. The minimum atomic E-state index is -0.495. The van der Waals surface area contributed by atoms with E-state index in [4.69, 9.17) is 10.5 Å². The normalized spacial score (nSPS) is 12.2. The molecule has 18 heavy (non-hydrogen) atoms. The molecule has 0 aliphatic heterocycles. The van der Waals surface area contributed by atoms with E-state index < -0.39 is 6.04 Å². The molecule has 1 atom stereocenters. The molecule has 2 N–H and O–H groups in total. The predicted molar refractivity (Wildman–Crippen MR) is 75.1 cm³/mol. The molecule has 1 unspecified atom stereocenters. The highest BCUT2D eigenvalue weighted by Crippen LogP contribution is 2.12. The quantitative estimate of drug-likeness (QED) is 0.870. The zero-order chi connectivity index (χ0) is 13.5. The molecule has 0 fully saturated rings. The van der Waals surface area contributed by atoms with Gasteiger partial charge in [-0.05, 0) is 24.1 Å². The van der Waals surface area contributed by atoms with E-state index in [1.165, 1.54) is 0 Å². The number of carbonyl (C=O) groups excluding carboxylic acids is 1. The molecule has 0 aliphatic rings. The summed E-state index contributed by atoms with van der Waals surface area (Å²) in [5.41, 5.74) is 6.88. The molecular weight excluding hydrogens is 296 g/mol. The van der Waals surface area contributed by atoms with Crippen LogP contribution in [-0.2, 0) is 16.1 Å². The number of hydrogen-bond acceptors (Lipinski definition) is 3. The van der Waals surface area contributed by atoms with Crippen molar-refractivity contribution in [3.63, 3.8) is 0 Å². The highest BCUT2D eigenvalue weighted by atomic mass is 79.9. The van der Waals surface area contributed by atoms with E-state index in [-0.39, 0.29) is 5.91 Å². The average molecular weight is 315 g/mol. The van der Waals surface area contributed by atoms with E-state index in [1.54, 1.807) is 19.1 Å². The van der Waals surface area contributed by atoms with Gasteiger partial charge in [0.15, 0.2) is 0 Å². The van der Waals surface area contributed by atoms with Crippen LogP contribution in [0.25, 0.3) is 0 Å². The summed E-state index contributed by atoms with van der Waals surface area (Å²) < 4.78 is 5.94. The summed E-state index contributed by atoms with van der Waals surface area (Å²) in [7, 11) is 3.36. The summed E-state index contributed by atoms with van der Waals surface area (Å²) in [5, 5.41) is 0. The van der Waals surface area contributed by atoms with Gasteiger partial charge in [-0.2, -0.15) is 0 Å². The molecule has 1 rings (SSSR count). The van der Waals surface area contributed by atoms with Crippen molar-refractivity contribution in [2.45, 2.75) is 19.0 Å². The molecule has 0 heterocycles. The van der Waals surface area contributed by atoms with Crippen LogP contribution in [0.3, 0.4) is 0 Å². The van der Waals surface area contributed by atoms with Gasteiger partial charge in [-0.3, -0.25) is 4.79 Å². The van der Waals surface area contributed by atoms with E-state index in [0.29, 0.717) is 19.6 Å². The molecule has 100 valence electrons. The van der Waals surface area contributed by atoms with Gasteiger partial charge in [0, 0.05) is 31.8 Å². The fourth-order valence-electron chi connectivity index (χ4n) is 1.59. The molecule has 1 amide bonds. The predicted octanol–water partition coefficient (Wildman–Crippen LogP) is 1.77. The van der Waals surface area contributed by atoms with Gasteiger partial charge < -0.3 is 15.4 Å². The summed E-state index contributed by atoms with van der Waals surface area (Å²) in [5.74, 6) is -0.0602. The lowest BCUT2D eigenvalue weighted by atomic mass is 10.1. The van der Waals surface area contributed by atoms with Crippen molar-refractivity contribution in [3.8, 4) is 0 Å². The maximum Gasteiger partial charge on any atom is 0.239 e.